The third-order valence-electron chi connectivity index (χ3n) is 5.38. The predicted octanol–water partition coefficient (Wildman–Crippen LogP) is 5.27. The number of aliphatic hydroxyl groups excluding tert-OH is 1. The van der Waals surface area contributed by atoms with Crippen LogP contribution in [0.1, 0.15) is 48.6 Å². The molecule has 1 atom stereocenters. The number of carbonyl (C=O) groups excluding carboxylic acids is 2. The van der Waals surface area contributed by atoms with Crippen molar-refractivity contribution >= 4 is 44.7 Å². The van der Waals surface area contributed by atoms with E-state index in [0.29, 0.717) is 5.56 Å². The Bertz CT molecular complexity index is 883. The molecule has 2 fully saturated rings. The van der Waals surface area contributed by atoms with Crippen LogP contribution in [0, 0.1) is 0 Å². The lowest BCUT2D eigenvalue weighted by molar-refractivity contribution is -0.141. The van der Waals surface area contributed by atoms with Crippen LogP contribution in [0.2, 0.25) is 0 Å². The number of hydrogen-bond donors (Lipinski definition) is 1. The zero-order chi connectivity index (χ0) is 19.0. The maximum Gasteiger partial charge on any atom is 0.295 e. The minimum Gasteiger partial charge on any atom is -0.507 e. The van der Waals surface area contributed by atoms with Crippen molar-refractivity contribution in [3.63, 3.8) is 0 Å². The van der Waals surface area contributed by atoms with Gasteiger partial charge in [-0.25, -0.2) is 0 Å². The molecule has 2 aliphatic rings. The molecule has 1 saturated carbocycles. The highest BCUT2D eigenvalue weighted by Crippen LogP contribution is 2.44. The van der Waals surface area contributed by atoms with Gasteiger partial charge in [-0.15, -0.1) is 11.3 Å². The summed E-state index contributed by atoms with van der Waals surface area (Å²) in [4.78, 5) is 28.5. The first-order valence-corrected chi connectivity index (χ1v) is 10.8. The summed E-state index contributed by atoms with van der Waals surface area (Å²) >= 11 is 4.89. The molecule has 140 valence electrons. The first-order valence-electron chi connectivity index (χ1n) is 9.17. The van der Waals surface area contributed by atoms with E-state index in [0.717, 1.165) is 35.0 Å². The van der Waals surface area contributed by atoms with E-state index in [4.69, 9.17) is 0 Å². The van der Waals surface area contributed by atoms with Gasteiger partial charge in [-0.1, -0.05) is 53.4 Å². The molecule has 0 radical (unpaired) electrons. The SMILES string of the molecule is O=C1C(=O)N(C2CCCCC2)C(c2cccs2)/C1=C(/O)c1ccc(Br)cc1. The highest BCUT2D eigenvalue weighted by atomic mass is 79.9. The van der Waals surface area contributed by atoms with E-state index >= 15 is 0 Å². The molecule has 1 amide bonds. The van der Waals surface area contributed by atoms with E-state index in [2.05, 4.69) is 15.9 Å². The van der Waals surface area contributed by atoms with Crippen molar-refractivity contribution in [2.45, 2.75) is 44.2 Å². The Labute approximate surface area is 170 Å². The zero-order valence-electron chi connectivity index (χ0n) is 14.7. The van der Waals surface area contributed by atoms with Crippen molar-refractivity contribution in [1.82, 2.24) is 4.90 Å². The monoisotopic (exact) mass is 445 g/mol. The van der Waals surface area contributed by atoms with Crippen molar-refractivity contribution in [2.24, 2.45) is 0 Å². The first kappa shape index (κ1) is 18.4. The van der Waals surface area contributed by atoms with Gasteiger partial charge in [-0.3, -0.25) is 9.59 Å². The van der Waals surface area contributed by atoms with Gasteiger partial charge in [0.05, 0.1) is 11.6 Å². The number of nitrogens with zero attached hydrogens (tertiary/aromatic N) is 1. The molecule has 2 heterocycles. The van der Waals surface area contributed by atoms with Gasteiger partial charge in [-0.2, -0.15) is 0 Å². The topological polar surface area (TPSA) is 57.6 Å². The molecule has 0 bridgehead atoms. The summed E-state index contributed by atoms with van der Waals surface area (Å²) in [7, 11) is 0. The summed E-state index contributed by atoms with van der Waals surface area (Å²) in [6.45, 7) is 0. The third-order valence-corrected chi connectivity index (χ3v) is 6.83. The Balaban J connectivity index is 1.84. The molecule has 2 aromatic rings. The van der Waals surface area contributed by atoms with Gasteiger partial charge in [0.25, 0.3) is 11.7 Å². The average Bonchev–Trinajstić information content (AvgIpc) is 3.30. The molecule has 1 N–H and O–H groups in total. The molecule has 1 aromatic heterocycles. The minimum atomic E-state index is -0.584. The van der Waals surface area contributed by atoms with Gasteiger partial charge in [-0.05, 0) is 36.4 Å². The Morgan fingerprint density at radius 1 is 1.07 bits per heavy atom. The van der Waals surface area contributed by atoms with E-state index in [1.54, 1.807) is 17.0 Å². The molecular weight excluding hydrogens is 426 g/mol. The van der Waals surface area contributed by atoms with Gasteiger partial charge >= 0.3 is 0 Å². The van der Waals surface area contributed by atoms with Crippen molar-refractivity contribution in [3.05, 3.63) is 62.3 Å². The minimum absolute atomic E-state index is 0.0533. The molecule has 1 aliphatic carbocycles. The average molecular weight is 446 g/mol. The number of Topliss-reactive ketones (excluding diaryl/α,β-unsaturated/α-hetero) is 1. The summed E-state index contributed by atoms with van der Waals surface area (Å²) in [5.74, 6) is -1.17. The van der Waals surface area contributed by atoms with E-state index in [1.807, 2.05) is 29.6 Å². The van der Waals surface area contributed by atoms with Crippen LogP contribution in [-0.2, 0) is 9.59 Å². The maximum atomic E-state index is 12.9. The van der Waals surface area contributed by atoms with Crippen molar-refractivity contribution in [1.29, 1.82) is 0 Å². The number of benzene rings is 1. The fourth-order valence-electron chi connectivity index (χ4n) is 4.08. The van der Waals surface area contributed by atoms with Crippen LogP contribution in [0.3, 0.4) is 0 Å². The van der Waals surface area contributed by atoms with Crippen LogP contribution in [0.5, 0.6) is 0 Å². The summed E-state index contributed by atoms with van der Waals surface area (Å²) in [5.41, 5.74) is 0.747. The van der Waals surface area contributed by atoms with Crippen LogP contribution in [0.25, 0.3) is 5.76 Å². The fourth-order valence-corrected chi connectivity index (χ4v) is 5.17. The smallest absolute Gasteiger partial charge is 0.295 e. The Morgan fingerprint density at radius 2 is 1.78 bits per heavy atom. The van der Waals surface area contributed by atoms with Crippen molar-refractivity contribution in [2.75, 3.05) is 0 Å². The van der Waals surface area contributed by atoms with E-state index in [-0.39, 0.29) is 17.4 Å². The van der Waals surface area contributed by atoms with Crippen LogP contribution in [0.4, 0.5) is 0 Å². The van der Waals surface area contributed by atoms with Crippen molar-refractivity contribution < 1.29 is 14.7 Å². The van der Waals surface area contributed by atoms with Crippen LogP contribution in [0.15, 0.2) is 51.8 Å². The molecule has 4 nitrogen and oxygen atoms in total. The highest BCUT2D eigenvalue weighted by molar-refractivity contribution is 9.10. The normalized spacial score (nSPS) is 23.1. The van der Waals surface area contributed by atoms with Gasteiger partial charge in [0, 0.05) is 21.0 Å². The molecule has 1 aliphatic heterocycles. The number of thiophene rings is 1. The second-order valence-corrected chi connectivity index (χ2v) is 8.92. The number of hydrogen-bond acceptors (Lipinski definition) is 4. The predicted molar refractivity (Wildman–Crippen MR) is 109 cm³/mol. The standard InChI is InChI=1S/C21H20BrNO3S/c22-14-10-8-13(9-11-14)19(24)17-18(16-7-4-12-27-16)23(21(26)20(17)25)15-5-2-1-3-6-15/h4,7-12,15,18,24H,1-3,5-6H2/b19-17-. The number of aliphatic hydroxyl groups is 1. The second kappa shape index (κ2) is 7.60. The second-order valence-electron chi connectivity index (χ2n) is 7.02. The highest BCUT2D eigenvalue weighted by Gasteiger charge is 2.49. The molecular formula is C21H20BrNO3S. The summed E-state index contributed by atoms with van der Waals surface area (Å²) < 4.78 is 0.886. The first-order chi connectivity index (χ1) is 13.1. The lowest BCUT2D eigenvalue weighted by Gasteiger charge is -2.34. The number of rotatable bonds is 3. The maximum absolute atomic E-state index is 12.9. The molecule has 6 heteroatoms. The van der Waals surface area contributed by atoms with Crippen LogP contribution in [-0.4, -0.2) is 27.7 Å². The number of halogens is 1. The largest absolute Gasteiger partial charge is 0.507 e. The molecule has 1 unspecified atom stereocenters. The quantitative estimate of drug-likeness (QED) is 0.397. The van der Waals surface area contributed by atoms with E-state index < -0.39 is 17.7 Å². The van der Waals surface area contributed by atoms with E-state index in [1.165, 1.54) is 17.8 Å². The molecule has 4 rings (SSSR count). The van der Waals surface area contributed by atoms with Gasteiger partial charge in [0.2, 0.25) is 0 Å². The molecule has 0 spiro atoms. The Morgan fingerprint density at radius 3 is 2.41 bits per heavy atom. The number of ketones is 1. The summed E-state index contributed by atoms with van der Waals surface area (Å²) in [6, 6.07) is 10.5. The number of likely N-dealkylation sites (tertiary alicyclic amines) is 1. The number of amides is 1. The van der Waals surface area contributed by atoms with Gasteiger partial charge in [0.1, 0.15) is 5.76 Å². The number of carbonyl (C=O) groups is 2. The lowest BCUT2D eigenvalue weighted by atomic mass is 9.93. The zero-order valence-corrected chi connectivity index (χ0v) is 17.1. The summed E-state index contributed by atoms with van der Waals surface area (Å²) in [5, 5.41) is 12.9. The van der Waals surface area contributed by atoms with Crippen molar-refractivity contribution in [3.8, 4) is 0 Å². The molecule has 27 heavy (non-hydrogen) atoms. The third kappa shape index (κ3) is 3.36. The molecule has 1 aromatic carbocycles. The Kier molecular flexibility index (Phi) is 5.19. The van der Waals surface area contributed by atoms with Gasteiger partial charge in [0.15, 0.2) is 0 Å². The summed E-state index contributed by atoms with van der Waals surface area (Å²) in [6.07, 6.45) is 5.12. The molecule has 1 saturated heterocycles. The van der Waals surface area contributed by atoms with Crippen LogP contribution < -0.4 is 0 Å². The Hall–Kier alpha value is -1.92. The van der Waals surface area contributed by atoms with Crippen LogP contribution >= 0.6 is 27.3 Å². The lowest BCUT2D eigenvalue weighted by Crippen LogP contribution is -2.40. The fraction of sp³-hybridized carbons (Fsp3) is 0.333. The van der Waals surface area contributed by atoms with E-state index in [9.17, 15) is 14.7 Å². The van der Waals surface area contributed by atoms with Gasteiger partial charge < -0.3 is 10.0 Å².